The highest BCUT2D eigenvalue weighted by Gasteiger charge is 2.23. The first-order chi connectivity index (χ1) is 5.86. The van der Waals surface area contributed by atoms with Gasteiger partial charge >= 0.3 is 0 Å². The number of epoxide rings is 1. The largest absolute Gasteiger partial charge is 0.487 e. The smallest absolute Gasteiger partial charge is 0.166 e. The van der Waals surface area contributed by atoms with Gasteiger partial charge in [0.1, 0.15) is 12.7 Å². The summed E-state index contributed by atoms with van der Waals surface area (Å²) >= 11 is 0. The first kappa shape index (κ1) is 7.36. The average Bonchev–Trinajstić information content (AvgIpc) is 2.86. The number of hydrogen-bond donors (Lipinski definition) is 1. The molecule has 2 N–H and O–H groups in total. The highest BCUT2D eigenvalue weighted by Crippen LogP contribution is 2.19. The molecule has 1 fully saturated rings. The number of hydrogen-bond acceptors (Lipinski definition) is 4. The maximum atomic E-state index is 5.55. The molecule has 64 valence electrons. The summed E-state index contributed by atoms with van der Waals surface area (Å²) in [5, 5.41) is 0. The van der Waals surface area contributed by atoms with Crippen molar-refractivity contribution in [1.29, 1.82) is 0 Å². The summed E-state index contributed by atoms with van der Waals surface area (Å²) < 4.78 is 10.3. The highest BCUT2D eigenvalue weighted by atomic mass is 16.6. The van der Waals surface area contributed by atoms with Crippen LogP contribution in [0.25, 0.3) is 0 Å². The molecule has 4 heteroatoms. The Labute approximate surface area is 70.3 Å². The predicted molar refractivity (Wildman–Crippen MR) is 43.9 cm³/mol. The molecule has 1 aliphatic heterocycles. The summed E-state index contributed by atoms with van der Waals surface area (Å²) in [6.45, 7) is 1.36. The quantitative estimate of drug-likeness (QED) is 0.662. The van der Waals surface area contributed by atoms with E-state index in [1.807, 2.05) is 0 Å². The van der Waals surface area contributed by atoms with Crippen LogP contribution in [0.4, 0.5) is 5.82 Å². The second-order valence-corrected chi connectivity index (χ2v) is 2.65. The lowest BCUT2D eigenvalue weighted by atomic mass is 10.4. The van der Waals surface area contributed by atoms with Crippen LogP contribution in [0.2, 0.25) is 0 Å². The van der Waals surface area contributed by atoms with E-state index in [2.05, 4.69) is 4.98 Å². The van der Waals surface area contributed by atoms with Gasteiger partial charge in [0.25, 0.3) is 0 Å². The third-order valence-electron chi connectivity index (χ3n) is 1.63. The van der Waals surface area contributed by atoms with Crippen LogP contribution < -0.4 is 10.5 Å². The van der Waals surface area contributed by atoms with Crippen LogP contribution in [0.1, 0.15) is 0 Å². The number of nitrogen functional groups attached to an aromatic ring is 1. The van der Waals surface area contributed by atoms with Gasteiger partial charge in [0.05, 0.1) is 6.61 Å². The minimum atomic E-state index is 0.254. The highest BCUT2D eigenvalue weighted by molar-refractivity contribution is 5.44. The molecule has 0 amide bonds. The second kappa shape index (κ2) is 2.98. The van der Waals surface area contributed by atoms with Crippen LogP contribution in [0, 0.1) is 0 Å². The van der Waals surface area contributed by atoms with Gasteiger partial charge in [0.15, 0.2) is 11.6 Å². The summed E-state index contributed by atoms with van der Waals surface area (Å²) in [6.07, 6.45) is 1.89. The van der Waals surface area contributed by atoms with Crippen molar-refractivity contribution in [2.75, 3.05) is 18.9 Å². The molecule has 1 aliphatic rings. The zero-order valence-electron chi connectivity index (χ0n) is 6.56. The fourth-order valence-corrected chi connectivity index (χ4v) is 0.872. The molecule has 1 aromatic rings. The molecule has 1 saturated heterocycles. The van der Waals surface area contributed by atoms with Crippen molar-refractivity contribution in [2.24, 2.45) is 0 Å². The molecule has 1 atom stereocenters. The molecule has 0 bridgehead atoms. The molecule has 12 heavy (non-hydrogen) atoms. The van der Waals surface area contributed by atoms with Gasteiger partial charge in [-0.2, -0.15) is 0 Å². The maximum absolute atomic E-state index is 5.55. The summed E-state index contributed by atoms with van der Waals surface area (Å²) in [7, 11) is 0. The number of pyridine rings is 1. The lowest BCUT2D eigenvalue weighted by Crippen LogP contribution is -2.06. The van der Waals surface area contributed by atoms with Crippen molar-refractivity contribution in [2.45, 2.75) is 6.10 Å². The molecular weight excluding hydrogens is 156 g/mol. The Balaban J connectivity index is 1.96. The van der Waals surface area contributed by atoms with Crippen LogP contribution in [0.5, 0.6) is 5.75 Å². The van der Waals surface area contributed by atoms with Gasteiger partial charge in [-0.1, -0.05) is 0 Å². The average molecular weight is 166 g/mol. The van der Waals surface area contributed by atoms with Crippen molar-refractivity contribution >= 4 is 5.82 Å². The first-order valence-electron chi connectivity index (χ1n) is 3.81. The van der Waals surface area contributed by atoms with Crippen molar-refractivity contribution in [3.05, 3.63) is 18.3 Å². The van der Waals surface area contributed by atoms with E-state index in [0.717, 1.165) is 6.61 Å². The summed E-state index contributed by atoms with van der Waals surface area (Å²) in [5.41, 5.74) is 5.55. The third-order valence-corrected chi connectivity index (χ3v) is 1.63. The molecule has 0 radical (unpaired) electrons. The van der Waals surface area contributed by atoms with Crippen molar-refractivity contribution in [1.82, 2.24) is 4.98 Å². The van der Waals surface area contributed by atoms with Crippen LogP contribution in [0.15, 0.2) is 18.3 Å². The maximum Gasteiger partial charge on any atom is 0.166 e. The molecule has 2 rings (SSSR count). The van der Waals surface area contributed by atoms with E-state index >= 15 is 0 Å². The monoisotopic (exact) mass is 166 g/mol. The molecular formula is C8H10N2O2. The van der Waals surface area contributed by atoms with Gasteiger partial charge in [-0.05, 0) is 12.1 Å². The van der Waals surface area contributed by atoms with E-state index in [1.54, 1.807) is 18.3 Å². The fourth-order valence-electron chi connectivity index (χ4n) is 0.872. The molecule has 0 aliphatic carbocycles. The van der Waals surface area contributed by atoms with Gasteiger partial charge < -0.3 is 15.2 Å². The minimum absolute atomic E-state index is 0.254. The Morgan fingerprint density at radius 2 is 2.58 bits per heavy atom. The molecule has 1 unspecified atom stereocenters. The summed E-state index contributed by atoms with van der Waals surface area (Å²) in [5.74, 6) is 1.06. The SMILES string of the molecule is Nc1ncccc1OCC1CO1. The van der Waals surface area contributed by atoms with Crippen LogP contribution >= 0.6 is 0 Å². The van der Waals surface area contributed by atoms with Crippen LogP contribution in [-0.2, 0) is 4.74 Å². The van der Waals surface area contributed by atoms with E-state index in [4.69, 9.17) is 15.2 Å². The third kappa shape index (κ3) is 1.65. The van der Waals surface area contributed by atoms with Gasteiger partial charge in [-0.3, -0.25) is 0 Å². The minimum Gasteiger partial charge on any atom is -0.487 e. The number of rotatable bonds is 3. The van der Waals surface area contributed by atoms with Crippen LogP contribution in [-0.4, -0.2) is 24.3 Å². The Bertz CT molecular complexity index is 274. The Morgan fingerprint density at radius 1 is 1.75 bits per heavy atom. The molecule has 0 spiro atoms. The lowest BCUT2D eigenvalue weighted by molar-refractivity contribution is 0.263. The van der Waals surface area contributed by atoms with E-state index in [-0.39, 0.29) is 6.10 Å². The number of nitrogens with two attached hydrogens (primary N) is 1. The molecule has 0 saturated carbocycles. The van der Waals surface area contributed by atoms with E-state index in [1.165, 1.54) is 0 Å². The van der Waals surface area contributed by atoms with Gasteiger partial charge in [-0.25, -0.2) is 4.98 Å². The van der Waals surface area contributed by atoms with E-state index in [0.29, 0.717) is 18.2 Å². The normalized spacial score (nSPS) is 20.5. The Morgan fingerprint density at radius 3 is 3.25 bits per heavy atom. The van der Waals surface area contributed by atoms with Gasteiger partial charge in [0, 0.05) is 6.20 Å². The summed E-state index contributed by atoms with van der Waals surface area (Å²) in [4.78, 5) is 3.89. The fraction of sp³-hybridized carbons (Fsp3) is 0.375. The van der Waals surface area contributed by atoms with Crippen molar-refractivity contribution in [3.63, 3.8) is 0 Å². The van der Waals surface area contributed by atoms with Crippen molar-refractivity contribution < 1.29 is 9.47 Å². The number of aromatic nitrogens is 1. The predicted octanol–water partition coefficient (Wildman–Crippen LogP) is 0.441. The van der Waals surface area contributed by atoms with Crippen LogP contribution in [0.3, 0.4) is 0 Å². The van der Waals surface area contributed by atoms with Gasteiger partial charge in [-0.15, -0.1) is 0 Å². The lowest BCUT2D eigenvalue weighted by Gasteiger charge is -2.04. The van der Waals surface area contributed by atoms with Crippen molar-refractivity contribution in [3.8, 4) is 5.75 Å². The summed E-state index contributed by atoms with van der Waals surface area (Å²) in [6, 6.07) is 3.59. The zero-order chi connectivity index (χ0) is 8.39. The number of ether oxygens (including phenoxy) is 2. The Kier molecular flexibility index (Phi) is 1.83. The molecule has 1 aromatic heterocycles. The Hall–Kier alpha value is -1.29. The molecule has 0 aromatic carbocycles. The number of anilines is 1. The molecule has 4 nitrogen and oxygen atoms in total. The van der Waals surface area contributed by atoms with E-state index < -0.39 is 0 Å². The van der Waals surface area contributed by atoms with E-state index in [9.17, 15) is 0 Å². The standard InChI is InChI=1S/C8H10N2O2/c9-8-7(2-1-3-10-8)12-5-6-4-11-6/h1-3,6H,4-5H2,(H2,9,10). The molecule has 2 heterocycles. The second-order valence-electron chi connectivity index (χ2n) is 2.65. The topological polar surface area (TPSA) is 60.7 Å². The number of nitrogens with zero attached hydrogens (tertiary/aromatic N) is 1. The first-order valence-corrected chi connectivity index (χ1v) is 3.81. The zero-order valence-corrected chi connectivity index (χ0v) is 6.56. The van der Waals surface area contributed by atoms with Gasteiger partial charge in [0.2, 0.25) is 0 Å².